The summed E-state index contributed by atoms with van der Waals surface area (Å²) in [6, 6.07) is 0.296. The first-order valence-corrected chi connectivity index (χ1v) is 9.86. The average Bonchev–Trinajstić information content (AvgIpc) is 2.83. The maximum Gasteiger partial charge on any atom is 0.150 e. The van der Waals surface area contributed by atoms with Crippen LogP contribution in [0, 0.1) is 11.8 Å². The van der Waals surface area contributed by atoms with E-state index in [0.29, 0.717) is 17.9 Å². The summed E-state index contributed by atoms with van der Waals surface area (Å²) in [5.74, 6) is 9.14. The molecule has 18 heavy (non-hydrogen) atoms. The third-order valence-corrected chi connectivity index (χ3v) is 7.27. The van der Waals surface area contributed by atoms with E-state index in [1.165, 1.54) is 18.4 Å². The van der Waals surface area contributed by atoms with E-state index < -0.39 is 9.84 Å². The van der Waals surface area contributed by atoms with Crippen molar-refractivity contribution in [1.29, 1.82) is 0 Å². The van der Waals surface area contributed by atoms with Crippen LogP contribution in [-0.4, -0.2) is 37.5 Å². The fourth-order valence-corrected chi connectivity index (χ4v) is 5.89. The molecule has 2 aliphatic rings. The zero-order valence-electron chi connectivity index (χ0n) is 11.0. The molecular formula is C12H24N2O2S2. The van der Waals surface area contributed by atoms with Crippen molar-refractivity contribution in [3.8, 4) is 0 Å². The van der Waals surface area contributed by atoms with Gasteiger partial charge < -0.3 is 0 Å². The van der Waals surface area contributed by atoms with Crippen LogP contribution in [0.15, 0.2) is 0 Å². The van der Waals surface area contributed by atoms with E-state index >= 15 is 0 Å². The minimum absolute atomic E-state index is 0.152. The lowest BCUT2D eigenvalue weighted by molar-refractivity contribution is 0.220. The summed E-state index contributed by atoms with van der Waals surface area (Å²) in [5.41, 5.74) is 2.98. The van der Waals surface area contributed by atoms with Gasteiger partial charge in [0.25, 0.3) is 0 Å². The number of hydrazine groups is 1. The summed E-state index contributed by atoms with van der Waals surface area (Å²) in [7, 11) is -2.90. The minimum Gasteiger partial charge on any atom is -0.271 e. The predicted molar refractivity (Wildman–Crippen MR) is 77.1 cm³/mol. The lowest BCUT2D eigenvalue weighted by Gasteiger charge is -2.36. The Hall–Kier alpha value is 0.220. The molecule has 106 valence electrons. The van der Waals surface area contributed by atoms with Crippen molar-refractivity contribution in [2.75, 3.05) is 17.8 Å². The molecule has 1 saturated heterocycles. The molecule has 0 bridgehead atoms. The monoisotopic (exact) mass is 292 g/mol. The maximum atomic E-state index is 11.7. The zero-order valence-corrected chi connectivity index (χ0v) is 12.6. The summed E-state index contributed by atoms with van der Waals surface area (Å²) in [4.78, 5) is 0. The van der Waals surface area contributed by atoms with Gasteiger partial charge in [-0.15, -0.1) is 0 Å². The lowest BCUT2D eigenvalue weighted by Crippen LogP contribution is -2.48. The van der Waals surface area contributed by atoms with Crippen molar-refractivity contribution in [2.24, 2.45) is 17.7 Å². The highest BCUT2D eigenvalue weighted by molar-refractivity contribution is 7.99. The lowest BCUT2D eigenvalue weighted by atomic mass is 9.78. The second kappa shape index (κ2) is 6.11. The van der Waals surface area contributed by atoms with Crippen LogP contribution in [0.1, 0.15) is 32.1 Å². The van der Waals surface area contributed by atoms with E-state index in [4.69, 9.17) is 5.84 Å². The van der Waals surface area contributed by atoms with Gasteiger partial charge >= 0.3 is 0 Å². The Balaban J connectivity index is 2.02. The molecule has 2 rings (SSSR count). The van der Waals surface area contributed by atoms with Gasteiger partial charge in [-0.2, -0.15) is 11.8 Å². The van der Waals surface area contributed by atoms with Crippen molar-refractivity contribution in [3.05, 3.63) is 0 Å². The third-order valence-electron chi connectivity index (χ3n) is 4.45. The van der Waals surface area contributed by atoms with Gasteiger partial charge in [-0.25, -0.2) is 8.42 Å². The predicted octanol–water partition coefficient (Wildman–Crippen LogP) is 1.17. The van der Waals surface area contributed by atoms with Gasteiger partial charge in [-0.1, -0.05) is 6.42 Å². The van der Waals surface area contributed by atoms with Crippen LogP contribution in [-0.2, 0) is 9.84 Å². The molecule has 2 fully saturated rings. The van der Waals surface area contributed by atoms with E-state index in [0.717, 1.165) is 31.4 Å². The van der Waals surface area contributed by atoms with Gasteiger partial charge in [0.2, 0.25) is 0 Å². The van der Waals surface area contributed by atoms with Crippen molar-refractivity contribution < 1.29 is 8.42 Å². The van der Waals surface area contributed by atoms with Gasteiger partial charge in [0.15, 0.2) is 0 Å². The van der Waals surface area contributed by atoms with Gasteiger partial charge in [0.1, 0.15) is 9.84 Å². The Kier molecular flexibility index (Phi) is 4.97. The number of hydrogen-bond donors (Lipinski definition) is 2. The molecule has 4 unspecified atom stereocenters. The number of thioether (sulfide) groups is 1. The largest absolute Gasteiger partial charge is 0.271 e. The Morgan fingerprint density at radius 2 is 2.06 bits per heavy atom. The summed E-state index contributed by atoms with van der Waals surface area (Å²) in [6.45, 7) is 0. The highest BCUT2D eigenvalue weighted by Crippen LogP contribution is 2.36. The molecule has 4 nitrogen and oxygen atoms in total. The van der Waals surface area contributed by atoms with E-state index in [-0.39, 0.29) is 5.25 Å². The molecule has 0 radical (unpaired) electrons. The molecule has 1 saturated carbocycles. The second-order valence-electron chi connectivity index (χ2n) is 5.69. The standard InChI is InChI=1S/C12H24N2O2S2/c1-18(15,16)11-4-2-3-9(7-11)12(14-13)10-5-6-17-8-10/h9-12,14H,2-8,13H2,1H3. The fraction of sp³-hybridized carbons (Fsp3) is 1.00. The van der Waals surface area contributed by atoms with Crippen molar-refractivity contribution in [3.63, 3.8) is 0 Å². The number of nitrogens with two attached hydrogens (primary N) is 1. The molecule has 0 aromatic carbocycles. The molecule has 6 heteroatoms. The van der Waals surface area contributed by atoms with Gasteiger partial charge in [-0.3, -0.25) is 11.3 Å². The quantitative estimate of drug-likeness (QED) is 0.601. The van der Waals surface area contributed by atoms with Crippen LogP contribution < -0.4 is 11.3 Å². The molecule has 1 aliphatic carbocycles. The summed E-state index contributed by atoms with van der Waals surface area (Å²) in [5, 5.41) is -0.152. The molecule has 0 amide bonds. The topological polar surface area (TPSA) is 72.2 Å². The van der Waals surface area contributed by atoms with Crippen LogP contribution in [0.5, 0.6) is 0 Å². The summed E-state index contributed by atoms with van der Waals surface area (Å²) >= 11 is 1.98. The van der Waals surface area contributed by atoms with Gasteiger partial charge in [0, 0.05) is 12.3 Å². The molecule has 0 spiro atoms. The van der Waals surface area contributed by atoms with Crippen molar-refractivity contribution >= 4 is 21.6 Å². The molecular weight excluding hydrogens is 268 g/mol. The smallest absolute Gasteiger partial charge is 0.150 e. The van der Waals surface area contributed by atoms with Crippen LogP contribution in [0.25, 0.3) is 0 Å². The maximum absolute atomic E-state index is 11.7. The van der Waals surface area contributed by atoms with E-state index in [9.17, 15) is 8.42 Å². The molecule has 3 N–H and O–H groups in total. The number of hydrogen-bond acceptors (Lipinski definition) is 5. The van der Waals surface area contributed by atoms with Crippen LogP contribution >= 0.6 is 11.8 Å². The van der Waals surface area contributed by atoms with Gasteiger partial charge in [-0.05, 0) is 49.0 Å². The van der Waals surface area contributed by atoms with Crippen molar-refractivity contribution in [2.45, 2.75) is 43.4 Å². The molecule has 0 aromatic heterocycles. The third kappa shape index (κ3) is 3.40. The van der Waals surface area contributed by atoms with E-state index in [2.05, 4.69) is 5.43 Å². The number of nitrogens with one attached hydrogen (secondary N) is 1. The Bertz CT molecular complexity index is 366. The SMILES string of the molecule is CS(=O)(=O)C1CCCC(C(NN)C2CCSC2)C1. The Labute approximate surface area is 114 Å². The number of sulfone groups is 1. The molecule has 0 aromatic rings. The van der Waals surface area contributed by atoms with E-state index in [1.807, 2.05) is 11.8 Å². The number of rotatable bonds is 4. The highest BCUT2D eigenvalue weighted by Gasteiger charge is 2.36. The van der Waals surface area contributed by atoms with Crippen LogP contribution in [0.4, 0.5) is 0 Å². The summed E-state index contributed by atoms with van der Waals surface area (Å²) < 4.78 is 23.4. The van der Waals surface area contributed by atoms with Gasteiger partial charge in [0.05, 0.1) is 5.25 Å². The van der Waals surface area contributed by atoms with Crippen LogP contribution in [0.2, 0.25) is 0 Å². The fourth-order valence-electron chi connectivity index (χ4n) is 3.39. The normalized spacial score (nSPS) is 35.6. The van der Waals surface area contributed by atoms with Crippen molar-refractivity contribution in [1.82, 2.24) is 5.43 Å². The van der Waals surface area contributed by atoms with E-state index in [1.54, 1.807) is 0 Å². The Morgan fingerprint density at radius 1 is 1.28 bits per heavy atom. The Morgan fingerprint density at radius 3 is 2.61 bits per heavy atom. The average molecular weight is 292 g/mol. The molecule has 1 aliphatic heterocycles. The molecule has 1 heterocycles. The first kappa shape index (κ1) is 14.6. The second-order valence-corrected chi connectivity index (χ2v) is 9.17. The minimum atomic E-state index is -2.90. The first-order valence-electron chi connectivity index (χ1n) is 6.75. The first-order chi connectivity index (χ1) is 8.52. The molecule has 4 atom stereocenters. The highest BCUT2D eigenvalue weighted by atomic mass is 32.2. The summed E-state index contributed by atoms with van der Waals surface area (Å²) in [6.07, 6.45) is 6.32. The van der Waals surface area contributed by atoms with Crippen LogP contribution in [0.3, 0.4) is 0 Å². The zero-order chi connectivity index (χ0) is 13.2.